The van der Waals surface area contributed by atoms with Gasteiger partial charge in [0, 0.05) is 12.1 Å². The van der Waals surface area contributed by atoms with Crippen molar-refractivity contribution in [1.29, 1.82) is 0 Å². The zero-order valence-corrected chi connectivity index (χ0v) is 11.6. The maximum Gasteiger partial charge on any atom is 0.237 e. The summed E-state index contributed by atoms with van der Waals surface area (Å²) in [6.45, 7) is 0. The number of anilines is 1. The molecule has 112 valence electrons. The van der Waals surface area contributed by atoms with Crippen molar-refractivity contribution in [3.63, 3.8) is 0 Å². The Kier molecular flexibility index (Phi) is 3.12. The Morgan fingerprint density at radius 2 is 2.14 bits per heavy atom. The minimum atomic E-state index is -0.357. The molecule has 1 aliphatic carbocycles. The monoisotopic (exact) mass is 300 g/mol. The number of hydrogen-bond donors (Lipinski definition) is 1. The van der Waals surface area contributed by atoms with Gasteiger partial charge < -0.3 is 4.74 Å². The molecule has 2 aromatic heterocycles. The molecule has 0 bridgehead atoms. The largest absolute Gasteiger partial charge is 0.437 e. The summed E-state index contributed by atoms with van der Waals surface area (Å²) in [6, 6.07) is 9.35. The highest BCUT2D eigenvalue weighted by atomic mass is 19.1. The number of imidazole rings is 1. The van der Waals surface area contributed by atoms with Gasteiger partial charge in [-0.2, -0.15) is 0 Å². The molecule has 3 aromatic rings. The predicted molar refractivity (Wildman–Crippen MR) is 77.2 cm³/mol. The van der Waals surface area contributed by atoms with Crippen LogP contribution in [-0.2, 0) is 4.84 Å². The number of hydrogen-bond acceptors (Lipinski definition) is 5. The zero-order valence-electron chi connectivity index (χ0n) is 11.6. The number of aromatic nitrogens is 3. The van der Waals surface area contributed by atoms with Gasteiger partial charge in [0.05, 0.1) is 12.3 Å². The molecule has 0 atom stereocenters. The van der Waals surface area contributed by atoms with Crippen molar-refractivity contribution in [1.82, 2.24) is 14.6 Å². The lowest BCUT2D eigenvalue weighted by atomic mass is 10.3. The van der Waals surface area contributed by atoms with E-state index >= 15 is 0 Å². The van der Waals surface area contributed by atoms with Gasteiger partial charge >= 0.3 is 0 Å². The lowest BCUT2D eigenvalue weighted by Crippen LogP contribution is -2.02. The molecule has 22 heavy (non-hydrogen) atoms. The highest BCUT2D eigenvalue weighted by Gasteiger charge is 2.23. The first-order chi connectivity index (χ1) is 10.8. The summed E-state index contributed by atoms with van der Waals surface area (Å²) >= 11 is 0. The fourth-order valence-electron chi connectivity index (χ4n) is 1.95. The maximum atomic E-state index is 13.1. The van der Waals surface area contributed by atoms with Crippen molar-refractivity contribution in [2.24, 2.45) is 0 Å². The van der Waals surface area contributed by atoms with Gasteiger partial charge in [0.15, 0.2) is 11.5 Å². The topological polar surface area (TPSA) is 60.7 Å². The van der Waals surface area contributed by atoms with Gasteiger partial charge in [-0.05, 0) is 31.0 Å². The molecular formula is C15H13FN4O2. The summed E-state index contributed by atoms with van der Waals surface area (Å²) in [7, 11) is 0. The van der Waals surface area contributed by atoms with Crippen LogP contribution >= 0.6 is 0 Å². The minimum absolute atomic E-state index is 0.282. The number of rotatable bonds is 5. The molecule has 1 aromatic carbocycles. The number of halogens is 1. The maximum absolute atomic E-state index is 13.1. The zero-order chi connectivity index (χ0) is 14.9. The van der Waals surface area contributed by atoms with Crippen LogP contribution in [0.5, 0.6) is 11.6 Å². The molecule has 4 rings (SSSR count). The molecule has 2 heterocycles. The van der Waals surface area contributed by atoms with Crippen LogP contribution in [0.15, 0.2) is 42.6 Å². The molecule has 1 saturated carbocycles. The average molecular weight is 300 g/mol. The van der Waals surface area contributed by atoms with E-state index in [1.165, 1.54) is 12.1 Å². The van der Waals surface area contributed by atoms with Crippen molar-refractivity contribution in [2.45, 2.75) is 18.9 Å². The molecule has 7 heteroatoms. The minimum Gasteiger partial charge on any atom is -0.437 e. The number of benzene rings is 1. The highest BCUT2D eigenvalue weighted by molar-refractivity contribution is 5.47. The molecule has 1 aliphatic rings. The molecule has 0 saturated heterocycles. The first kappa shape index (κ1) is 13.0. The predicted octanol–water partition coefficient (Wildman–Crippen LogP) is 3.17. The van der Waals surface area contributed by atoms with Crippen LogP contribution in [0.2, 0.25) is 0 Å². The van der Waals surface area contributed by atoms with E-state index in [2.05, 4.69) is 15.6 Å². The number of nitrogens with one attached hydrogen (secondary N) is 1. The lowest BCUT2D eigenvalue weighted by molar-refractivity contribution is 0.177. The second kappa shape index (κ2) is 5.27. The van der Waals surface area contributed by atoms with Gasteiger partial charge in [-0.3, -0.25) is 4.84 Å². The standard InChI is InChI=1S/C15H13FN4O2/c16-10-2-1-3-12(8-10)21-15-7-6-14-17-13(9-20(14)18-15)19-22-11-4-5-11/h1-3,6-9,11,19H,4-5H2. The summed E-state index contributed by atoms with van der Waals surface area (Å²) in [5, 5.41) is 4.28. The molecule has 6 nitrogen and oxygen atoms in total. The first-order valence-electron chi connectivity index (χ1n) is 6.98. The number of fused-ring (bicyclic) bond motifs is 1. The average Bonchev–Trinajstić information content (AvgIpc) is 3.24. The Morgan fingerprint density at radius 3 is 2.95 bits per heavy atom. The van der Waals surface area contributed by atoms with Crippen LogP contribution in [0.1, 0.15) is 12.8 Å². The van der Waals surface area contributed by atoms with Crippen molar-refractivity contribution in [3.05, 3.63) is 48.4 Å². The van der Waals surface area contributed by atoms with Crippen molar-refractivity contribution in [3.8, 4) is 11.6 Å². The molecule has 1 fully saturated rings. The number of ether oxygens (including phenoxy) is 1. The fourth-order valence-corrected chi connectivity index (χ4v) is 1.95. The molecular weight excluding hydrogens is 287 g/mol. The van der Waals surface area contributed by atoms with Crippen molar-refractivity contribution < 1.29 is 14.0 Å². The molecule has 0 amide bonds. The van der Waals surface area contributed by atoms with Gasteiger partial charge in [-0.25, -0.2) is 19.4 Å². The van der Waals surface area contributed by atoms with Crippen LogP contribution < -0.4 is 10.2 Å². The third-order valence-corrected chi connectivity index (χ3v) is 3.17. The van der Waals surface area contributed by atoms with Gasteiger partial charge in [-0.1, -0.05) is 6.07 Å². The van der Waals surface area contributed by atoms with Gasteiger partial charge in [-0.15, -0.1) is 5.10 Å². The number of nitrogens with zero attached hydrogens (tertiary/aromatic N) is 3. The van der Waals surface area contributed by atoms with E-state index in [-0.39, 0.29) is 11.9 Å². The summed E-state index contributed by atoms with van der Waals surface area (Å²) in [4.78, 5) is 9.70. The molecule has 0 radical (unpaired) electrons. The van der Waals surface area contributed by atoms with Crippen LogP contribution in [-0.4, -0.2) is 20.7 Å². The smallest absolute Gasteiger partial charge is 0.237 e. The van der Waals surface area contributed by atoms with Crippen LogP contribution in [0.3, 0.4) is 0 Å². The Balaban J connectivity index is 1.54. The van der Waals surface area contributed by atoms with Crippen LogP contribution in [0, 0.1) is 5.82 Å². The fraction of sp³-hybridized carbons (Fsp3) is 0.200. The third-order valence-electron chi connectivity index (χ3n) is 3.17. The van der Waals surface area contributed by atoms with Gasteiger partial charge in [0.25, 0.3) is 0 Å². The van der Waals surface area contributed by atoms with Crippen molar-refractivity contribution in [2.75, 3.05) is 5.48 Å². The molecule has 0 unspecified atom stereocenters. The second-order valence-electron chi connectivity index (χ2n) is 5.08. The SMILES string of the molecule is Fc1cccc(Oc2ccc3nc(NOC4CC4)cn3n2)c1. The first-order valence-corrected chi connectivity index (χ1v) is 6.98. The van der Waals surface area contributed by atoms with Gasteiger partial charge in [0.2, 0.25) is 5.88 Å². The van der Waals surface area contributed by atoms with E-state index in [9.17, 15) is 4.39 Å². The van der Waals surface area contributed by atoms with E-state index in [4.69, 9.17) is 9.57 Å². The molecule has 0 spiro atoms. The Morgan fingerprint density at radius 1 is 1.23 bits per heavy atom. The Bertz CT molecular complexity index is 816. The third kappa shape index (κ3) is 2.84. The molecule has 0 aliphatic heterocycles. The summed E-state index contributed by atoms with van der Waals surface area (Å²) in [5.74, 6) is 0.972. The Labute approximate surface area is 125 Å². The highest BCUT2D eigenvalue weighted by Crippen LogP contribution is 2.24. The van der Waals surface area contributed by atoms with E-state index < -0.39 is 0 Å². The second-order valence-corrected chi connectivity index (χ2v) is 5.08. The van der Waals surface area contributed by atoms with E-state index in [1.54, 1.807) is 35.0 Å². The summed E-state index contributed by atoms with van der Waals surface area (Å²) in [5.41, 5.74) is 3.47. The lowest BCUT2D eigenvalue weighted by Gasteiger charge is -2.04. The van der Waals surface area contributed by atoms with E-state index in [0.29, 0.717) is 23.1 Å². The summed E-state index contributed by atoms with van der Waals surface area (Å²) in [6.07, 6.45) is 4.13. The van der Waals surface area contributed by atoms with Gasteiger partial charge in [0.1, 0.15) is 11.6 Å². The van der Waals surface area contributed by atoms with Crippen LogP contribution in [0.25, 0.3) is 5.65 Å². The van der Waals surface area contributed by atoms with Crippen LogP contribution in [0.4, 0.5) is 10.2 Å². The quantitative estimate of drug-likeness (QED) is 0.733. The van der Waals surface area contributed by atoms with E-state index in [0.717, 1.165) is 12.8 Å². The molecule has 1 N–H and O–H groups in total. The Hall–Kier alpha value is -2.67. The van der Waals surface area contributed by atoms with E-state index in [1.807, 2.05) is 0 Å². The van der Waals surface area contributed by atoms with Crippen molar-refractivity contribution >= 4 is 11.5 Å². The normalized spacial score (nSPS) is 14.2. The summed E-state index contributed by atoms with van der Waals surface area (Å²) < 4.78 is 20.3.